The fraction of sp³-hybridized carbons (Fsp3) is 0.393. The molecule has 1 aromatic heterocycles. The molecular formula is C28H29F3N4O3. The number of hydrogen-bond acceptors (Lipinski definition) is 4. The Labute approximate surface area is 218 Å². The van der Waals surface area contributed by atoms with Crippen LogP contribution in [-0.4, -0.2) is 52.7 Å². The zero-order valence-corrected chi connectivity index (χ0v) is 21.1. The van der Waals surface area contributed by atoms with E-state index in [0.29, 0.717) is 55.1 Å². The molecule has 0 radical (unpaired) electrons. The largest absolute Gasteiger partial charge is 0.408 e. The highest BCUT2D eigenvalue weighted by Gasteiger charge is 2.33. The van der Waals surface area contributed by atoms with Crippen molar-refractivity contribution in [1.29, 1.82) is 5.26 Å². The van der Waals surface area contributed by atoms with Crippen LogP contribution in [-0.2, 0) is 35.5 Å². The lowest BCUT2D eigenvalue weighted by Crippen LogP contribution is -2.43. The molecule has 38 heavy (non-hydrogen) atoms. The van der Waals surface area contributed by atoms with Gasteiger partial charge in [0.1, 0.15) is 13.1 Å². The van der Waals surface area contributed by atoms with Crippen LogP contribution >= 0.6 is 0 Å². The van der Waals surface area contributed by atoms with Crippen molar-refractivity contribution in [2.45, 2.75) is 45.5 Å². The van der Waals surface area contributed by atoms with Crippen molar-refractivity contribution >= 4 is 5.91 Å². The summed E-state index contributed by atoms with van der Waals surface area (Å²) in [6.45, 7) is 1.53. The Morgan fingerprint density at radius 2 is 1.74 bits per heavy atom. The van der Waals surface area contributed by atoms with Gasteiger partial charge in [0.2, 0.25) is 5.91 Å². The number of ether oxygens (including phenoxy) is 1. The number of morpholine rings is 1. The van der Waals surface area contributed by atoms with Crippen molar-refractivity contribution in [3.63, 3.8) is 0 Å². The average molecular weight is 527 g/mol. The summed E-state index contributed by atoms with van der Waals surface area (Å²) in [5.74, 6) is -0.344. The quantitative estimate of drug-likeness (QED) is 0.442. The van der Waals surface area contributed by atoms with E-state index in [1.54, 1.807) is 17.0 Å². The van der Waals surface area contributed by atoms with Gasteiger partial charge in [0, 0.05) is 30.8 Å². The van der Waals surface area contributed by atoms with Gasteiger partial charge in [-0.3, -0.25) is 14.3 Å². The standard InChI is InChI=1S/C28H29F3N4O3/c1-2-5-25-24(16-20-8-10-21(11-9-20)23-7-4-3-6-22(23)17-32)27(37)35(19-28(29,30)31)34(25)18-26(36)33-12-14-38-15-13-33/h3-4,6-11H,2,5,12-16,18-19H2,1H3. The van der Waals surface area contributed by atoms with E-state index in [-0.39, 0.29) is 24.4 Å². The van der Waals surface area contributed by atoms with Crippen LogP contribution in [0.1, 0.15) is 35.7 Å². The summed E-state index contributed by atoms with van der Waals surface area (Å²) in [7, 11) is 0. The van der Waals surface area contributed by atoms with Gasteiger partial charge in [-0.1, -0.05) is 55.8 Å². The van der Waals surface area contributed by atoms with Crippen molar-refractivity contribution in [2.75, 3.05) is 26.3 Å². The first kappa shape index (κ1) is 27.2. The fourth-order valence-corrected chi connectivity index (χ4v) is 4.77. The van der Waals surface area contributed by atoms with Gasteiger partial charge >= 0.3 is 6.18 Å². The first-order valence-electron chi connectivity index (χ1n) is 12.5. The topological polar surface area (TPSA) is 80.3 Å². The Morgan fingerprint density at radius 1 is 1.05 bits per heavy atom. The number of carbonyl (C=O) groups is 1. The van der Waals surface area contributed by atoms with Gasteiger partial charge in [0.05, 0.1) is 24.8 Å². The van der Waals surface area contributed by atoms with Crippen molar-refractivity contribution in [3.05, 3.63) is 81.3 Å². The van der Waals surface area contributed by atoms with Gasteiger partial charge < -0.3 is 9.64 Å². The van der Waals surface area contributed by atoms with E-state index in [1.807, 2.05) is 43.3 Å². The molecule has 3 aromatic rings. The Balaban J connectivity index is 1.70. The molecule has 0 unspecified atom stereocenters. The molecule has 0 N–H and O–H groups in total. The molecule has 1 saturated heterocycles. The zero-order valence-electron chi connectivity index (χ0n) is 21.1. The summed E-state index contributed by atoms with van der Waals surface area (Å²) in [6, 6.07) is 16.6. The summed E-state index contributed by atoms with van der Waals surface area (Å²) in [5, 5.41) is 9.39. The fourth-order valence-electron chi connectivity index (χ4n) is 4.77. The van der Waals surface area contributed by atoms with Crippen molar-refractivity contribution < 1.29 is 22.7 Å². The molecule has 1 aliphatic rings. The number of nitriles is 1. The molecule has 0 bridgehead atoms. The third-order valence-electron chi connectivity index (χ3n) is 6.60. The maximum atomic E-state index is 13.5. The lowest BCUT2D eigenvalue weighted by atomic mass is 9.97. The van der Waals surface area contributed by atoms with Crippen LogP contribution in [0.4, 0.5) is 13.2 Å². The molecule has 1 fully saturated rings. The van der Waals surface area contributed by atoms with Crippen LogP contribution in [0.15, 0.2) is 53.3 Å². The van der Waals surface area contributed by atoms with E-state index >= 15 is 0 Å². The van der Waals surface area contributed by atoms with E-state index < -0.39 is 18.3 Å². The number of nitrogens with zero attached hydrogens (tertiary/aromatic N) is 4. The molecule has 10 heteroatoms. The van der Waals surface area contributed by atoms with Gasteiger partial charge in [-0.2, -0.15) is 18.4 Å². The molecule has 1 aliphatic heterocycles. The Hall–Kier alpha value is -3.84. The molecule has 0 atom stereocenters. The van der Waals surface area contributed by atoms with Crippen LogP contribution in [0.3, 0.4) is 0 Å². The number of rotatable bonds is 8. The number of hydrogen-bond donors (Lipinski definition) is 0. The number of carbonyl (C=O) groups excluding carboxylic acids is 1. The van der Waals surface area contributed by atoms with Crippen LogP contribution < -0.4 is 5.56 Å². The Bertz CT molecular complexity index is 1380. The zero-order chi connectivity index (χ0) is 27.3. The minimum absolute atomic E-state index is 0.130. The highest BCUT2D eigenvalue weighted by atomic mass is 19.4. The van der Waals surface area contributed by atoms with Crippen molar-refractivity contribution in [3.8, 4) is 17.2 Å². The van der Waals surface area contributed by atoms with Crippen molar-refractivity contribution in [2.24, 2.45) is 0 Å². The molecule has 4 rings (SSSR count). The SMILES string of the molecule is CCCc1c(Cc2ccc(-c3ccccc3C#N)cc2)c(=O)n(CC(F)(F)F)n1CC(=O)N1CCOCC1. The van der Waals surface area contributed by atoms with Gasteiger partial charge in [-0.25, -0.2) is 4.68 Å². The summed E-state index contributed by atoms with van der Waals surface area (Å²) in [4.78, 5) is 27.9. The normalized spacial score (nSPS) is 13.9. The molecule has 2 heterocycles. The number of halogens is 3. The van der Waals surface area contributed by atoms with Gasteiger partial charge in [-0.05, 0) is 29.2 Å². The Kier molecular flexibility index (Phi) is 8.37. The van der Waals surface area contributed by atoms with Crippen molar-refractivity contribution in [1.82, 2.24) is 14.3 Å². The predicted octanol–water partition coefficient (Wildman–Crippen LogP) is 4.15. The van der Waals surface area contributed by atoms with Crippen LogP contribution in [0.25, 0.3) is 11.1 Å². The maximum absolute atomic E-state index is 13.5. The third-order valence-corrected chi connectivity index (χ3v) is 6.60. The number of benzene rings is 2. The number of amides is 1. The third kappa shape index (κ3) is 6.17. The summed E-state index contributed by atoms with van der Waals surface area (Å²) < 4.78 is 47.7. The average Bonchev–Trinajstić information content (AvgIpc) is 3.13. The lowest BCUT2D eigenvalue weighted by molar-refractivity contribution is -0.147. The summed E-state index contributed by atoms with van der Waals surface area (Å²) in [5.41, 5.74) is 2.84. The van der Waals surface area contributed by atoms with Crippen LogP contribution in [0, 0.1) is 11.3 Å². The van der Waals surface area contributed by atoms with E-state index in [2.05, 4.69) is 6.07 Å². The summed E-state index contributed by atoms with van der Waals surface area (Å²) >= 11 is 0. The lowest BCUT2D eigenvalue weighted by Gasteiger charge is -2.28. The van der Waals surface area contributed by atoms with Crippen LogP contribution in [0.2, 0.25) is 0 Å². The number of alkyl halides is 3. The minimum Gasteiger partial charge on any atom is -0.378 e. The minimum atomic E-state index is -4.63. The highest BCUT2D eigenvalue weighted by molar-refractivity contribution is 5.76. The van der Waals surface area contributed by atoms with E-state index in [4.69, 9.17) is 4.74 Å². The predicted molar refractivity (Wildman–Crippen MR) is 136 cm³/mol. The second-order valence-electron chi connectivity index (χ2n) is 9.24. The molecule has 1 amide bonds. The van der Waals surface area contributed by atoms with E-state index in [9.17, 15) is 28.0 Å². The smallest absolute Gasteiger partial charge is 0.378 e. The monoisotopic (exact) mass is 526 g/mol. The summed E-state index contributed by atoms with van der Waals surface area (Å²) in [6.07, 6.45) is -3.54. The van der Waals surface area contributed by atoms with E-state index in [0.717, 1.165) is 16.7 Å². The molecule has 0 spiro atoms. The second-order valence-corrected chi connectivity index (χ2v) is 9.24. The Morgan fingerprint density at radius 3 is 2.37 bits per heavy atom. The first-order chi connectivity index (χ1) is 18.2. The first-order valence-corrected chi connectivity index (χ1v) is 12.5. The molecule has 7 nitrogen and oxygen atoms in total. The highest BCUT2D eigenvalue weighted by Crippen LogP contribution is 2.25. The molecule has 200 valence electrons. The molecule has 0 aliphatic carbocycles. The van der Waals surface area contributed by atoms with E-state index in [1.165, 1.54) is 4.68 Å². The van der Waals surface area contributed by atoms with Gasteiger partial charge in [-0.15, -0.1) is 0 Å². The second kappa shape index (κ2) is 11.7. The van der Waals surface area contributed by atoms with Crippen LogP contribution in [0.5, 0.6) is 0 Å². The van der Waals surface area contributed by atoms with Gasteiger partial charge in [0.25, 0.3) is 5.56 Å². The molecule has 2 aromatic carbocycles. The number of aromatic nitrogens is 2. The maximum Gasteiger partial charge on any atom is 0.408 e. The molecule has 0 saturated carbocycles. The van der Waals surface area contributed by atoms with Gasteiger partial charge in [0.15, 0.2) is 0 Å². The molecular weight excluding hydrogens is 497 g/mol.